The minimum Gasteiger partial charge on any atom is -0.289 e. The van der Waals surface area contributed by atoms with E-state index in [1.165, 1.54) is 16.7 Å². The molecule has 0 N–H and O–H groups in total. The summed E-state index contributed by atoms with van der Waals surface area (Å²) in [5.74, 6) is -0.307. The standard InChI is InChI=1S/C21H21FN2O2/c22-16-12-10-15(11-13-16)14-23-19-9-5-4-8-18(19)20(25)24(21(23)26)17-6-2-1-3-7-17/h4-5,8-13,17H,1-3,6-7,14H2. The second kappa shape index (κ2) is 6.90. The Morgan fingerprint density at radius 3 is 2.35 bits per heavy atom. The van der Waals surface area contributed by atoms with Crippen LogP contribution in [0.15, 0.2) is 58.1 Å². The van der Waals surface area contributed by atoms with Crippen LogP contribution in [0.5, 0.6) is 0 Å². The van der Waals surface area contributed by atoms with E-state index in [-0.39, 0.29) is 23.1 Å². The number of hydrogen-bond donors (Lipinski definition) is 0. The minimum atomic E-state index is -0.307. The van der Waals surface area contributed by atoms with Crippen molar-refractivity contribution in [2.75, 3.05) is 0 Å². The van der Waals surface area contributed by atoms with Gasteiger partial charge < -0.3 is 0 Å². The van der Waals surface area contributed by atoms with Crippen LogP contribution < -0.4 is 11.2 Å². The third kappa shape index (κ3) is 2.98. The molecule has 1 heterocycles. The monoisotopic (exact) mass is 352 g/mol. The van der Waals surface area contributed by atoms with E-state index in [0.717, 1.165) is 37.7 Å². The fourth-order valence-corrected chi connectivity index (χ4v) is 3.93. The molecule has 0 amide bonds. The van der Waals surface area contributed by atoms with E-state index in [0.29, 0.717) is 17.4 Å². The van der Waals surface area contributed by atoms with Gasteiger partial charge >= 0.3 is 5.69 Å². The Bertz CT molecular complexity index is 1040. The van der Waals surface area contributed by atoms with Gasteiger partial charge in [0, 0.05) is 6.04 Å². The number of hydrogen-bond acceptors (Lipinski definition) is 2. The van der Waals surface area contributed by atoms with Crippen LogP contribution in [0.4, 0.5) is 4.39 Å². The normalized spacial score (nSPS) is 15.4. The molecule has 4 rings (SSSR count). The van der Waals surface area contributed by atoms with Crippen molar-refractivity contribution in [3.05, 3.63) is 80.7 Å². The SMILES string of the molecule is O=c1c2ccccc2n(Cc2ccc(F)cc2)c(=O)n1C1CCCCC1. The van der Waals surface area contributed by atoms with Gasteiger partial charge in [0.15, 0.2) is 0 Å². The number of fused-ring (bicyclic) bond motifs is 1. The molecule has 4 nitrogen and oxygen atoms in total. The maximum Gasteiger partial charge on any atom is 0.332 e. The van der Waals surface area contributed by atoms with E-state index in [1.54, 1.807) is 28.8 Å². The second-order valence-electron chi connectivity index (χ2n) is 6.98. The van der Waals surface area contributed by atoms with Gasteiger partial charge in [0.1, 0.15) is 5.82 Å². The van der Waals surface area contributed by atoms with E-state index in [4.69, 9.17) is 0 Å². The van der Waals surface area contributed by atoms with Crippen molar-refractivity contribution in [2.24, 2.45) is 0 Å². The molecule has 0 saturated heterocycles. The zero-order valence-corrected chi connectivity index (χ0v) is 14.5. The number of nitrogens with zero attached hydrogens (tertiary/aromatic N) is 2. The molecular weight excluding hydrogens is 331 g/mol. The highest BCUT2D eigenvalue weighted by Crippen LogP contribution is 2.26. The van der Waals surface area contributed by atoms with Crippen molar-refractivity contribution in [3.8, 4) is 0 Å². The van der Waals surface area contributed by atoms with Gasteiger partial charge in [-0.2, -0.15) is 0 Å². The van der Waals surface area contributed by atoms with Crippen LogP contribution in [0.25, 0.3) is 10.9 Å². The number of rotatable bonds is 3. The highest BCUT2D eigenvalue weighted by Gasteiger charge is 2.22. The fourth-order valence-electron chi connectivity index (χ4n) is 3.93. The summed E-state index contributed by atoms with van der Waals surface area (Å²) in [6, 6.07) is 13.3. The molecule has 1 saturated carbocycles. The number of halogens is 1. The van der Waals surface area contributed by atoms with Crippen LogP contribution in [0.3, 0.4) is 0 Å². The molecule has 1 aliphatic rings. The van der Waals surface area contributed by atoms with Crippen LogP contribution in [0, 0.1) is 5.82 Å². The largest absolute Gasteiger partial charge is 0.332 e. The predicted molar refractivity (Wildman–Crippen MR) is 100 cm³/mol. The van der Waals surface area contributed by atoms with Crippen molar-refractivity contribution >= 4 is 10.9 Å². The lowest BCUT2D eigenvalue weighted by Crippen LogP contribution is -2.43. The Balaban J connectivity index is 1.91. The molecule has 0 spiro atoms. The molecule has 0 aliphatic heterocycles. The number of para-hydroxylation sites is 1. The van der Waals surface area contributed by atoms with Gasteiger partial charge in [-0.15, -0.1) is 0 Å². The zero-order chi connectivity index (χ0) is 18.1. The Kier molecular flexibility index (Phi) is 4.45. The van der Waals surface area contributed by atoms with Crippen LogP contribution in [0.2, 0.25) is 0 Å². The van der Waals surface area contributed by atoms with E-state index in [1.807, 2.05) is 12.1 Å². The second-order valence-corrected chi connectivity index (χ2v) is 6.98. The molecular formula is C21H21FN2O2. The summed E-state index contributed by atoms with van der Waals surface area (Å²) in [7, 11) is 0. The van der Waals surface area contributed by atoms with Gasteiger partial charge in [0.2, 0.25) is 0 Å². The smallest absolute Gasteiger partial charge is 0.289 e. The van der Waals surface area contributed by atoms with Crippen molar-refractivity contribution < 1.29 is 4.39 Å². The van der Waals surface area contributed by atoms with Crippen LogP contribution in [-0.4, -0.2) is 9.13 Å². The van der Waals surface area contributed by atoms with Crippen molar-refractivity contribution in [1.29, 1.82) is 0 Å². The van der Waals surface area contributed by atoms with E-state index >= 15 is 0 Å². The zero-order valence-electron chi connectivity index (χ0n) is 14.5. The molecule has 2 aromatic carbocycles. The van der Waals surface area contributed by atoms with Crippen LogP contribution >= 0.6 is 0 Å². The van der Waals surface area contributed by atoms with Crippen molar-refractivity contribution in [1.82, 2.24) is 9.13 Å². The maximum atomic E-state index is 13.2. The van der Waals surface area contributed by atoms with Crippen LogP contribution in [-0.2, 0) is 6.54 Å². The van der Waals surface area contributed by atoms with Crippen LogP contribution in [0.1, 0.15) is 43.7 Å². The summed E-state index contributed by atoms with van der Waals surface area (Å²) in [6.07, 6.45) is 4.97. The quantitative estimate of drug-likeness (QED) is 0.718. The maximum absolute atomic E-state index is 13.2. The van der Waals surface area contributed by atoms with Gasteiger partial charge in [-0.05, 0) is 42.7 Å². The van der Waals surface area contributed by atoms with Gasteiger partial charge in [-0.1, -0.05) is 43.5 Å². The van der Waals surface area contributed by atoms with E-state index < -0.39 is 0 Å². The first-order valence-electron chi connectivity index (χ1n) is 9.13. The van der Waals surface area contributed by atoms with Crippen molar-refractivity contribution in [3.63, 3.8) is 0 Å². The molecule has 134 valence electrons. The predicted octanol–water partition coefficient (Wildman–Crippen LogP) is 3.86. The van der Waals surface area contributed by atoms with Gasteiger partial charge in [0.05, 0.1) is 17.4 Å². The van der Waals surface area contributed by atoms with Gasteiger partial charge in [-0.25, -0.2) is 9.18 Å². The summed E-state index contributed by atoms with van der Waals surface area (Å²) in [5, 5.41) is 0.555. The van der Waals surface area contributed by atoms with Gasteiger partial charge in [0.25, 0.3) is 5.56 Å². The summed E-state index contributed by atoms with van der Waals surface area (Å²) >= 11 is 0. The number of benzene rings is 2. The topological polar surface area (TPSA) is 44.0 Å². The third-order valence-electron chi connectivity index (χ3n) is 5.27. The molecule has 0 unspecified atom stereocenters. The molecule has 5 heteroatoms. The lowest BCUT2D eigenvalue weighted by Gasteiger charge is -2.24. The average Bonchev–Trinajstić information content (AvgIpc) is 2.68. The Hall–Kier alpha value is -2.69. The lowest BCUT2D eigenvalue weighted by atomic mass is 9.95. The van der Waals surface area contributed by atoms with Crippen molar-refractivity contribution in [2.45, 2.75) is 44.7 Å². The van der Waals surface area contributed by atoms with E-state index in [2.05, 4.69) is 0 Å². The lowest BCUT2D eigenvalue weighted by molar-refractivity contribution is 0.333. The summed E-state index contributed by atoms with van der Waals surface area (Å²) < 4.78 is 16.3. The first kappa shape index (κ1) is 16.8. The molecule has 3 aromatic rings. The highest BCUT2D eigenvalue weighted by molar-refractivity contribution is 5.77. The third-order valence-corrected chi connectivity index (χ3v) is 5.27. The first-order chi connectivity index (χ1) is 12.6. The molecule has 1 aliphatic carbocycles. The summed E-state index contributed by atoms with van der Waals surface area (Å²) in [6.45, 7) is 0.312. The molecule has 0 radical (unpaired) electrons. The van der Waals surface area contributed by atoms with Gasteiger partial charge in [-0.3, -0.25) is 13.9 Å². The molecule has 26 heavy (non-hydrogen) atoms. The highest BCUT2D eigenvalue weighted by atomic mass is 19.1. The Morgan fingerprint density at radius 1 is 0.923 bits per heavy atom. The summed E-state index contributed by atoms with van der Waals surface area (Å²) in [4.78, 5) is 26.2. The Morgan fingerprint density at radius 2 is 1.62 bits per heavy atom. The summed E-state index contributed by atoms with van der Waals surface area (Å²) in [5.41, 5.74) is 0.976. The average molecular weight is 352 g/mol. The first-order valence-corrected chi connectivity index (χ1v) is 9.13. The minimum absolute atomic E-state index is 0.0344. The molecule has 1 aromatic heterocycles. The molecule has 0 bridgehead atoms. The fraction of sp³-hybridized carbons (Fsp3) is 0.333. The van der Waals surface area contributed by atoms with E-state index in [9.17, 15) is 14.0 Å². The molecule has 0 atom stereocenters. The Labute approximate surface area is 150 Å². The molecule has 1 fully saturated rings. The number of aromatic nitrogens is 2.